The van der Waals surface area contributed by atoms with E-state index in [0.717, 1.165) is 6.07 Å². The third-order valence-corrected chi connectivity index (χ3v) is 5.43. The molecule has 0 atom stereocenters. The molecule has 0 saturated carbocycles. The minimum Gasteiger partial charge on any atom is -0.478 e. The van der Waals surface area contributed by atoms with Gasteiger partial charge >= 0.3 is 23.9 Å². The van der Waals surface area contributed by atoms with Gasteiger partial charge in [0.2, 0.25) is 0 Å². The number of carboxylic acids is 2. The first-order chi connectivity index (χ1) is 17.7. The molecule has 0 saturated heterocycles. The number of carboxylic acid groups (broad SMARTS) is 2. The predicted molar refractivity (Wildman–Crippen MR) is 134 cm³/mol. The number of hydrogen-bond acceptors (Lipinski definition) is 6. The van der Waals surface area contributed by atoms with Gasteiger partial charge in [-0.1, -0.05) is 47.7 Å². The van der Waals surface area contributed by atoms with Crippen LogP contribution in [0.3, 0.4) is 0 Å². The van der Waals surface area contributed by atoms with Gasteiger partial charge in [-0.3, -0.25) is 0 Å². The van der Waals surface area contributed by atoms with Crippen molar-refractivity contribution in [2.24, 2.45) is 0 Å². The second-order valence-electron chi connectivity index (χ2n) is 7.28. The fourth-order valence-electron chi connectivity index (χ4n) is 3.41. The summed E-state index contributed by atoms with van der Waals surface area (Å²) in [4.78, 5) is 48.5. The molecule has 0 aromatic heterocycles. The number of ether oxygens (including phenoxy) is 2. The van der Waals surface area contributed by atoms with E-state index in [-0.39, 0.29) is 44.0 Å². The molecule has 3 rings (SSSR count). The van der Waals surface area contributed by atoms with Gasteiger partial charge in [0.15, 0.2) is 0 Å². The Kier molecular flexibility index (Phi) is 8.31. The Morgan fingerprint density at radius 3 is 1.59 bits per heavy atom. The molecule has 3 aromatic rings. The van der Waals surface area contributed by atoms with Crippen molar-refractivity contribution in [1.82, 2.24) is 0 Å². The Morgan fingerprint density at radius 2 is 1.19 bits per heavy atom. The summed E-state index contributed by atoms with van der Waals surface area (Å²) in [6, 6.07) is 12.5. The Bertz CT molecular complexity index is 1530. The van der Waals surface area contributed by atoms with E-state index in [2.05, 4.69) is 24.1 Å². The fourth-order valence-corrected chi connectivity index (χ4v) is 3.75. The van der Waals surface area contributed by atoms with Gasteiger partial charge in [-0.2, -0.15) is 0 Å². The van der Waals surface area contributed by atoms with Crippen LogP contribution in [0, 0.1) is 24.1 Å². The summed E-state index contributed by atoms with van der Waals surface area (Å²) in [5, 5.41) is 19.6. The van der Waals surface area contributed by atoms with Gasteiger partial charge in [0.25, 0.3) is 0 Å². The summed E-state index contributed by atoms with van der Waals surface area (Å²) in [7, 11) is 0. The highest BCUT2D eigenvalue weighted by Crippen LogP contribution is 2.40. The molecule has 0 aliphatic heterocycles. The number of benzene rings is 3. The lowest BCUT2D eigenvalue weighted by Gasteiger charge is -2.17. The van der Waals surface area contributed by atoms with Crippen LogP contribution in [0.15, 0.2) is 54.6 Å². The van der Waals surface area contributed by atoms with Crippen LogP contribution in [0.1, 0.15) is 55.3 Å². The number of esters is 2. The van der Waals surface area contributed by atoms with Gasteiger partial charge in [0.1, 0.15) is 12.2 Å². The second kappa shape index (κ2) is 11.6. The largest absolute Gasteiger partial charge is 0.478 e. The van der Waals surface area contributed by atoms with Crippen molar-refractivity contribution in [3.63, 3.8) is 0 Å². The molecular weight excluding hydrogens is 500 g/mol. The van der Waals surface area contributed by atoms with Gasteiger partial charge < -0.3 is 19.7 Å². The molecule has 0 heterocycles. The molecule has 0 spiro atoms. The van der Waals surface area contributed by atoms with E-state index in [4.69, 9.17) is 21.1 Å². The maximum Gasteiger partial charge on any atom is 0.352 e. The molecule has 9 heteroatoms. The Labute approximate surface area is 216 Å². The summed E-state index contributed by atoms with van der Waals surface area (Å²) in [5.41, 5.74) is 0.265. The van der Waals surface area contributed by atoms with Gasteiger partial charge in [-0.05, 0) is 47.0 Å². The average Bonchev–Trinajstić information content (AvgIpc) is 2.89. The van der Waals surface area contributed by atoms with E-state index in [1.54, 1.807) is 0 Å². The van der Waals surface area contributed by atoms with Crippen molar-refractivity contribution in [3.05, 3.63) is 81.9 Å². The predicted octanol–water partition coefficient (Wildman–Crippen LogP) is 5.35. The van der Waals surface area contributed by atoms with Gasteiger partial charge in [0.05, 0.1) is 27.3 Å². The summed E-state index contributed by atoms with van der Waals surface area (Å²) in [6.07, 6.45) is 4.39. The molecule has 0 bridgehead atoms. The number of aromatic carboxylic acids is 2. The van der Waals surface area contributed by atoms with E-state index in [1.807, 2.05) is 0 Å². The van der Waals surface area contributed by atoms with E-state index >= 15 is 0 Å². The standard InChI is InChI=1S/C28H17ClO8/c1-3-13-36-27(34)18-9-5-16(6-10-18)20-15-21(25(30)31)24(29)22(23(20)26(32)33)17-7-11-19(12-8-17)28(35)37-14-4-2/h5-12,15H,1-2H3,(H,30,31)(H,32,33). The number of hydrogen-bond donors (Lipinski definition) is 2. The Morgan fingerprint density at radius 1 is 0.730 bits per heavy atom. The molecule has 37 heavy (non-hydrogen) atoms. The van der Waals surface area contributed by atoms with Crippen molar-refractivity contribution < 1.29 is 38.9 Å². The van der Waals surface area contributed by atoms with E-state index in [9.17, 15) is 29.4 Å². The molecule has 8 nitrogen and oxygen atoms in total. The van der Waals surface area contributed by atoms with Crippen molar-refractivity contribution in [2.75, 3.05) is 0 Å². The lowest BCUT2D eigenvalue weighted by molar-refractivity contribution is 0.0681. The van der Waals surface area contributed by atoms with Crippen LogP contribution in [-0.2, 0) is 9.47 Å². The Hall–Kier alpha value is -5.05. The van der Waals surface area contributed by atoms with E-state index in [1.165, 1.54) is 62.4 Å². The highest BCUT2D eigenvalue weighted by Gasteiger charge is 2.26. The molecule has 0 fully saturated rings. The zero-order valence-corrected chi connectivity index (χ0v) is 20.2. The Balaban J connectivity index is 2.20. The third kappa shape index (κ3) is 5.79. The van der Waals surface area contributed by atoms with Gasteiger partial charge in [-0.15, -0.1) is 0 Å². The van der Waals surface area contributed by atoms with Crippen LogP contribution in [0.5, 0.6) is 0 Å². The quantitative estimate of drug-likeness (QED) is 0.332. The molecule has 0 aliphatic carbocycles. The van der Waals surface area contributed by atoms with Gasteiger partial charge in [0, 0.05) is 19.4 Å². The third-order valence-electron chi connectivity index (χ3n) is 5.04. The smallest absolute Gasteiger partial charge is 0.352 e. The molecule has 0 aliphatic rings. The summed E-state index contributed by atoms with van der Waals surface area (Å²) < 4.78 is 9.49. The normalized spacial score (nSPS) is 9.70. The lowest BCUT2D eigenvalue weighted by atomic mass is 9.88. The minimum atomic E-state index is -1.37. The van der Waals surface area contributed by atoms with Crippen LogP contribution in [0.4, 0.5) is 0 Å². The van der Waals surface area contributed by atoms with Crippen LogP contribution in [0.2, 0.25) is 5.02 Å². The first kappa shape index (κ1) is 26.6. The average molecular weight is 517 g/mol. The highest BCUT2D eigenvalue weighted by atomic mass is 35.5. The molecule has 2 N–H and O–H groups in total. The number of halogens is 1. The SMILES string of the molecule is CC#COC(=O)c1ccc(-c2cc(C(=O)O)c(Cl)c(-c3ccc(C(=O)OC#CC)cc3)c2C(=O)O)cc1. The molecule has 3 aromatic carbocycles. The van der Waals surface area contributed by atoms with Crippen LogP contribution in [0.25, 0.3) is 22.3 Å². The number of carbonyl (C=O) groups is 4. The topological polar surface area (TPSA) is 127 Å². The molecule has 184 valence electrons. The molecule has 0 radical (unpaired) electrons. The summed E-state index contributed by atoms with van der Waals surface area (Å²) >= 11 is 6.40. The first-order valence-corrected chi connectivity index (χ1v) is 10.9. The monoisotopic (exact) mass is 516 g/mol. The second-order valence-corrected chi connectivity index (χ2v) is 7.66. The maximum atomic E-state index is 12.4. The first-order valence-electron chi connectivity index (χ1n) is 10.5. The van der Waals surface area contributed by atoms with Gasteiger partial charge in [-0.25, -0.2) is 19.2 Å². The van der Waals surface area contributed by atoms with Crippen LogP contribution < -0.4 is 0 Å². The van der Waals surface area contributed by atoms with Crippen molar-refractivity contribution in [1.29, 1.82) is 0 Å². The highest BCUT2D eigenvalue weighted by molar-refractivity contribution is 6.37. The molecule has 0 unspecified atom stereocenters. The lowest BCUT2D eigenvalue weighted by Crippen LogP contribution is -2.09. The van der Waals surface area contributed by atoms with Crippen molar-refractivity contribution in [3.8, 4) is 46.3 Å². The van der Waals surface area contributed by atoms with E-state index in [0.29, 0.717) is 5.56 Å². The zero-order chi connectivity index (χ0) is 27.1. The molecule has 0 amide bonds. The van der Waals surface area contributed by atoms with Crippen molar-refractivity contribution in [2.45, 2.75) is 13.8 Å². The summed E-state index contributed by atoms with van der Waals surface area (Å²) in [5.74, 6) is 0.698. The maximum absolute atomic E-state index is 12.4. The fraction of sp³-hybridized carbons (Fsp3) is 0.0714. The minimum absolute atomic E-state index is 0.0549. The van der Waals surface area contributed by atoms with E-state index < -0.39 is 23.9 Å². The summed E-state index contributed by atoms with van der Waals surface area (Å²) in [6.45, 7) is 3.00. The van der Waals surface area contributed by atoms with Crippen molar-refractivity contribution >= 4 is 35.5 Å². The molecular formula is C28H17ClO8. The number of carbonyl (C=O) groups excluding carboxylic acids is 2. The zero-order valence-electron chi connectivity index (χ0n) is 19.4. The number of rotatable bonds is 6. The van der Waals surface area contributed by atoms with Crippen LogP contribution >= 0.6 is 11.6 Å². The van der Waals surface area contributed by atoms with Crippen LogP contribution in [-0.4, -0.2) is 34.1 Å².